The number of hydrogen-bond acceptors (Lipinski definition) is 6. The van der Waals surface area contributed by atoms with Crippen LogP contribution in [-0.2, 0) is 11.2 Å². The Hall–Kier alpha value is -3.00. The van der Waals surface area contributed by atoms with Gasteiger partial charge in [-0.1, -0.05) is 18.2 Å². The average Bonchev–Trinajstić information content (AvgIpc) is 3.03. The fourth-order valence-electron chi connectivity index (χ4n) is 2.22. The first-order valence-corrected chi connectivity index (χ1v) is 8.42. The van der Waals surface area contributed by atoms with Crippen molar-refractivity contribution in [3.8, 4) is 5.75 Å². The van der Waals surface area contributed by atoms with Gasteiger partial charge in [-0.3, -0.25) is 14.9 Å². The lowest BCUT2D eigenvalue weighted by atomic mass is 10.3. The number of nitro groups is 1. The average molecular weight is 357 g/mol. The number of hydrogen-bond donors (Lipinski definition) is 1. The number of aromatic nitrogens is 1. The van der Waals surface area contributed by atoms with Crippen LogP contribution in [0.2, 0.25) is 0 Å². The third-order valence-electron chi connectivity index (χ3n) is 3.40. The SMILES string of the molecule is O=C(COc1cccc([N+](=O)[O-])c1)NCCc1nc2ccccc2s1. The molecule has 0 aliphatic carbocycles. The van der Waals surface area contributed by atoms with Crippen molar-refractivity contribution in [1.82, 2.24) is 10.3 Å². The number of nitro benzene ring substituents is 1. The molecule has 0 fully saturated rings. The Morgan fingerprint density at radius 2 is 2.08 bits per heavy atom. The van der Waals surface area contributed by atoms with Gasteiger partial charge in [0.15, 0.2) is 6.61 Å². The second-order valence-corrected chi connectivity index (χ2v) is 6.33. The summed E-state index contributed by atoms with van der Waals surface area (Å²) in [5, 5.41) is 14.4. The predicted molar refractivity (Wildman–Crippen MR) is 94.9 cm³/mol. The number of carbonyl (C=O) groups excluding carboxylic acids is 1. The summed E-state index contributed by atoms with van der Waals surface area (Å²) in [5.41, 5.74) is 0.886. The third kappa shape index (κ3) is 4.51. The van der Waals surface area contributed by atoms with Gasteiger partial charge in [0.1, 0.15) is 5.75 Å². The minimum Gasteiger partial charge on any atom is -0.484 e. The Kier molecular flexibility index (Phi) is 5.20. The van der Waals surface area contributed by atoms with Gasteiger partial charge in [-0.2, -0.15) is 0 Å². The summed E-state index contributed by atoms with van der Waals surface area (Å²) in [5.74, 6) is 0.00291. The lowest BCUT2D eigenvalue weighted by molar-refractivity contribution is -0.384. The quantitative estimate of drug-likeness (QED) is 0.518. The molecule has 2 aromatic carbocycles. The van der Waals surface area contributed by atoms with Gasteiger partial charge in [0.2, 0.25) is 0 Å². The lowest BCUT2D eigenvalue weighted by Gasteiger charge is -2.06. The molecule has 7 nitrogen and oxygen atoms in total. The van der Waals surface area contributed by atoms with E-state index in [2.05, 4.69) is 10.3 Å². The van der Waals surface area contributed by atoms with Crippen LogP contribution in [0.3, 0.4) is 0 Å². The summed E-state index contributed by atoms with van der Waals surface area (Å²) >= 11 is 1.61. The molecule has 3 rings (SSSR count). The molecule has 0 radical (unpaired) electrons. The second kappa shape index (κ2) is 7.71. The number of para-hydroxylation sites is 1. The van der Waals surface area contributed by atoms with Crippen molar-refractivity contribution < 1.29 is 14.5 Å². The van der Waals surface area contributed by atoms with E-state index >= 15 is 0 Å². The number of amides is 1. The lowest BCUT2D eigenvalue weighted by Crippen LogP contribution is -2.30. The number of non-ortho nitro benzene ring substituents is 1. The van der Waals surface area contributed by atoms with Crippen molar-refractivity contribution in [3.05, 3.63) is 63.7 Å². The van der Waals surface area contributed by atoms with E-state index in [1.807, 2.05) is 24.3 Å². The largest absolute Gasteiger partial charge is 0.484 e. The van der Waals surface area contributed by atoms with Crippen LogP contribution in [0.25, 0.3) is 10.2 Å². The van der Waals surface area contributed by atoms with Crippen LogP contribution in [0.5, 0.6) is 5.75 Å². The predicted octanol–water partition coefficient (Wildman–Crippen LogP) is 2.94. The molecular weight excluding hydrogens is 342 g/mol. The highest BCUT2D eigenvalue weighted by Crippen LogP contribution is 2.21. The highest BCUT2D eigenvalue weighted by Gasteiger charge is 2.09. The number of thiazole rings is 1. The molecule has 128 valence electrons. The molecule has 1 aromatic heterocycles. The molecule has 1 N–H and O–H groups in total. The van der Waals surface area contributed by atoms with E-state index in [4.69, 9.17) is 4.74 Å². The van der Waals surface area contributed by atoms with Gasteiger partial charge in [0.25, 0.3) is 11.6 Å². The Labute approximate surface area is 147 Å². The van der Waals surface area contributed by atoms with Crippen molar-refractivity contribution in [1.29, 1.82) is 0 Å². The molecule has 0 aliphatic rings. The molecule has 1 heterocycles. The summed E-state index contributed by atoms with van der Waals surface area (Å²) in [4.78, 5) is 26.5. The topological polar surface area (TPSA) is 94.4 Å². The molecule has 0 unspecified atom stereocenters. The van der Waals surface area contributed by atoms with Crippen molar-refractivity contribution in [3.63, 3.8) is 0 Å². The third-order valence-corrected chi connectivity index (χ3v) is 4.49. The molecule has 25 heavy (non-hydrogen) atoms. The Balaban J connectivity index is 1.45. The number of ether oxygens (including phenoxy) is 1. The van der Waals surface area contributed by atoms with E-state index in [9.17, 15) is 14.9 Å². The van der Waals surface area contributed by atoms with Crippen LogP contribution in [-0.4, -0.2) is 29.0 Å². The van der Waals surface area contributed by atoms with Crippen LogP contribution >= 0.6 is 11.3 Å². The molecule has 0 saturated heterocycles. The van der Waals surface area contributed by atoms with E-state index in [0.29, 0.717) is 13.0 Å². The number of benzene rings is 2. The fourth-order valence-corrected chi connectivity index (χ4v) is 3.19. The standard InChI is InChI=1S/C17H15N3O4S/c21-16(11-24-13-5-3-4-12(10-13)20(22)23)18-9-8-17-19-14-6-1-2-7-15(14)25-17/h1-7,10H,8-9,11H2,(H,18,21). The molecular formula is C17H15N3O4S. The van der Waals surface area contributed by atoms with Gasteiger partial charge in [0.05, 0.1) is 26.2 Å². The normalized spacial score (nSPS) is 10.6. The number of fused-ring (bicyclic) bond motifs is 1. The molecule has 8 heteroatoms. The highest BCUT2D eigenvalue weighted by molar-refractivity contribution is 7.18. The zero-order chi connectivity index (χ0) is 17.6. The number of nitrogens with one attached hydrogen (secondary N) is 1. The van der Waals surface area contributed by atoms with Gasteiger partial charge >= 0.3 is 0 Å². The summed E-state index contributed by atoms with van der Waals surface area (Å²) in [6, 6.07) is 13.6. The van der Waals surface area contributed by atoms with Gasteiger partial charge in [0, 0.05) is 19.0 Å². The van der Waals surface area contributed by atoms with Crippen molar-refractivity contribution in [2.24, 2.45) is 0 Å². The first-order valence-electron chi connectivity index (χ1n) is 7.60. The molecule has 0 saturated carbocycles. The molecule has 0 spiro atoms. The molecule has 1 amide bonds. The van der Waals surface area contributed by atoms with Crippen molar-refractivity contribution >= 4 is 33.1 Å². The first kappa shape index (κ1) is 16.8. The van der Waals surface area contributed by atoms with Gasteiger partial charge in [-0.05, 0) is 18.2 Å². The number of rotatable bonds is 7. The molecule has 0 atom stereocenters. The Morgan fingerprint density at radius 3 is 2.88 bits per heavy atom. The minimum atomic E-state index is -0.509. The van der Waals surface area contributed by atoms with Crippen LogP contribution in [0.1, 0.15) is 5.01 Å². The summed E-state index contributed by atoms with van der Waals surface area (Å²) in [6.45, 7) is 0.262. The van der Waals surface area contributed by atoms with E-state index < -0.39 is 4.92 Å². The summed E-state index contributed by atoms with van der Waals surface area (Å²) in [6.07, 6.45) is 0.641. The molecule has 3 aromatic rings. The maximum atomic E-state index is 11.8. The smallest absolute Gasteiger partial charge is 0.273 e. The van der Waals surface area contributed by atoms with Gasteiger partial charge in [-0.25, -0.2) is 4.98 Å². The highest BCUT2D eigenvalue weighted by atomic mass is 32.1. The van der Waals surface area contributed by atoms with Crippen LogP contribution in [0, 0.1) is 10.1 Å². The van der Waals surface area contributed by atoms with Crippen LogP contribution in [0.4, 0.5) is 5.69 Å². The first-order chi connectivity index (χ1) is 12.1. The molecule has 0 bridgehead atoms. The zero-order valence-electron chi connectivity index (χ0n) is 13.2. The van der Waals surface area contributed by atoms with E-state index in [1.54, 1.807) is 17.4 Å². The zero-order valence-corrected chi connectivity index (χ0v) is 14.0. The van der Waals surface area contributed by atoms with Gasteiger partial charge < -0.3 is 10.1 Å². The number of carbonyl (C=O) groups is 1. The Bertz CT molecular complexity index is 877. The number of nitrogens with zero attached hydrogens (tertiary/aromatic N) is 2. The van der Waals surface area contributed by atoms with E-state index in [-0.39, 0.29) is 24.0 Å². The van der Waals surface area contributed by atoms with Crippen LogP contribution in [0.15, 0.2) is 48.5 Å². The van der Waals surface area contributed by atoms with Crippen molar-refractivity contribution in [2.75, 3.05) is 13.2 Å². The monoisotopic (exact) mass is 357 g/mol. The minimum absolute atomic E-state index is 0.0752. The fraction of sp³-hybridized carbons (Fsp3) is 0.176. The van der Waals surface area contributed by atoms with Gasteiger partial charge in [-0.15, -0.1) is 11.3 Å². The summed E-state index contributed by atoms with van der Waals surface area (Å²) < 4.78 is 6.40. The van der Waals surface area contributed by atoms with Crippen molar-refractivity contribution in [2.45, 2.75) is 6.42 Å². The van der Waals surface area contributed by atoms with E-state index in [1.165, 1.54) is 18.2 Å². The summed E-state index contributed by atoms with van der Waals surface area (Å²) in [7, 11) is 0. The second-order valence-electron chi connectivity index (χ2n) is 5.22. The van der Waals surface area contributed by atoms with Crippen LogP contribution < -0.4 is 10.1 Å². The Morgan fingerprint density at radius 1 is 1.24 bits per heavy atom. The maximum Gasteiger partial charge on any atom is 0.273 e. The molecule has 0 aliphatic heterocycles. The maximum absolute atomic E-state index is 11.8. The van der Waals surface area contributed by atoms with E-state index in [0.717, 1.165) is 15.2 Å².